The van der Waals surface area contributed by atoms with Gasteiger partial charge in [0.25, 0.3) is 5.91 Å². The summed E-state index contributed by atoms with van der Waals surface area (Å²) in [5.74, 6) is 1.09. The Labute approximate surface area is 229 Å². The largest absolute Gasteiger partial charge is 0.493 e. The first-order chi connectivity index (χ1) is 18.9. The first-order valence-electron chi connectivity index (χ1n) is 13.9. The van der Waals surface area contributed by atoms with Crippen molar-refractivity contribution in [3.63, 3.8) is 0 Å². The van der Waals surface area contributed by atoms with E-state index in [0.29, 0.717) is 60.9 Å². The SMILES string of the molecule is CCCCCOc1ccc(C2c3c(oc4cc(C)c(C)cc4c3=O)C(=O)N2CCN2CCOCC2)cc1OC. The second-order valence-corrected chi connectivity index (χ2v) is 10.4. The number of morpholine rings is 1. The molecule has 1 aromatic heterocycles. The molecule has 0 spiro atoms. The summed E-state index contributed by atoms with van der Waals surface area (Å²) in [6, 6.07) is 8.81. The second kappa shape index (κ2) is 11.8. The fourth-order valence-corrected chi connectivity index (χ4v) is 5.43. The van der Waals surface area contributed by atoms with E-state index in [1.54, 1.807) is 12.0 Å². The van der Waals surface area contributed by atoms with Gasteiger partial charge >= 0.3 is 0 Å². The molecule has 2 aliphatic rings. The summed E-state index contributed by atoms with van der Waals surface area (Å²) in [6.45, 7) is 10.8. The number of amides is 1. The van der Waals surface area contributed by atoms with Crippen molar-refractivity contribution in [2.45, 2.75) is 46.1 Å². The Bertz CT molecular complexity index is 1410. The lowest BCUT2D eigenvalue weighted by molar-refractivity contribution is 0.0314. The van der Waals surface area contributed by atoms with E-state index in [1.807, 2.05) is 44.2 Å². The van der Waals surface area contributed by atoms with Crippen LogP contribution in [0.4, 0.5) is 0 Å². The highest BCUT2D eigenvalue weighted by atomic mass is 16.5. The average Bonchev–Trinajstić information content (AvgIpc) is 3.23. The zero-order valence-corrected chi connectivity index (χ0v) is 23.4. The van der Waals surface area contributed by atoms with Crippen molar-refractivity contribution in [1.29, 1.82) is 0 Å². The van der Waals surface area contributed by atoms with Gasteiger partial charge in [-0.2, -0.15) is 0 Å². The molecular formula is C31H38N2O6. The van der Waals surface area contributed by atoms with Crippen LogP contribution in [0, 0.1) is 13.8 Å². The van der Waals surface area contributed by atoms with Crippen molar-refractivity contribution in [1.82, 2.24) is 9.80 Å². The van der Waals surface area contributed by atoms with Gasteiger partial charge in [0.2, 0.25) is 5.76 Å². The minimum absolute atomic E-state index is 0.126. The normalized spacial score (nSPS) is 17.6. The molecule has 8 heteroatoms. The lowest BCUT2D eigenvalue weighted by Gasteiger charge is -2.31. The Hall–Kier alpha value is -3.36. The molecule has 0 bridgehead atoms. The first-order valence-corrected chi connectivity index (χ1v) is 13.9. The van der Waals surface area contributed by atoms with Crippen molar-refractivity contribution < 1.29 is 23.4 Å². The van der Waals surface area contributed by atoms with Gasteiger partial charge in [0, 0.05) is 26.2 Å². The molecule has 5 rings (SSSR count). The van der Waals surface area contributed by atoms with Gasteiger partial charge in [0.15, 0.2) is 16.9 Å². The first kappa shape index (κ1) is 27.2. The van der Waals surface area contributed by atoms with Gasteiger partial charge in [-0.05, 0) is 61.2 Å². The van der Waals surface area contributed by atoms with Crippen molar-refractivity contribution in [3.05, 3.63) is 68.6 Å². The highest BCUT2D eigenvalue weighted by Crippen LogP contribution is 2.41. The maximum Gasteiger partial charge on any atom is 0.290 e. The van der Waals surface area contributed by atoms with Crippen LogP contribution >= 0.6 is 0 Å². The van der Waals surface area contributed by atoms with Crippen LogP contribution in [0.3, 0.4) is 0 Å². The predicted molar refractivity (Wildman–Crippen MR) is 150 cm³/mol. The number of hydrogen-bond acceptors (Lipinski definition) is 7. The molecule has 1 atom stereocenters. The molecule has 1 saturated heterocycles. The molecule has 39 heavy (non-hydrogen) atoms. The number of unbranched alkanes of at least 4 members (excludes halogenated alkanes) is 2. The number of benzene rings is 2. The molecule has 0 saturated carbocycles. The van der Waals surface area contributed by atoms with Crippen LogP contribution in [0.25, 0.3) is 11.0 Å². The summed E-state index contributed by atoms with van der Waals surface area (Å²) in [7, 11) is 1.61. The number of ether oxygens (including phenoxy) is 3. The number of nitrogens with zero attached hydrogens (tertiary/aromatic N) is 2. The summed E-state index contributed by atoms with van der Waals surface area (Å²) in [5.41, 5.74) is 3.47. The van der Waals surface area contributed by atoms with Crippen molar-refractivity contribution >= 4 is 16.9 Å². The Kier molecular flexibility index (Phi) is 8.23. The molecule has 208 valence electrons. The van der Waals surface area contributed by atoms with Gasteiger partial charge in [-0.15, -0.1) is 0 Å². The molecule has 3 aromatic rings. The topological polar surface area (TPSA) is 81.5 Å². The second-order valence-electron chi connectivity index (χ2n) is 10.4. The van der Waals surface area contributed by atoms with Crippen LogP contribution in [0.1, 0.15) is 65.0 Å². The summed E-state index contributed by atoms with van der Waals surface area (Å²) >= 11 is 0. The van der Waals surface area contributed by atoms with Gasteiger partial charge in [-0.25, -0.2) is 0 Å². The molecule has 0 aliphatic carbocycles. The fraction of sp³-hybridized carbons (Fsp3) is 0.484. The maximum absolute atomic E-state index is 14.0. The minimum Gasteiger partial charge on any atom is -0.493 e. The predicted octanol–water partition coefficient (Wildman–Crippen LogP) is 4.86. The van der Waals surface area contributed by atoms with Gasteiger partial charge in [-0.1, -0.05) is 25.8 Å². The monoisotopic (exact) mass is 534 g/mol. The molecule has 2 aromatic carbocycles. The number of carbonyl (C=O) groups excluding carboxylic acids is 1. The van der Waals surface area contributed by atoms with Crippen LogP contribution in [-0.4, -0.2) is 68.8 Å². The zero-order valence-electron chi connectivity index (χ0n) is 23.4. The fourth-order valence-electron chi connectivity index (χ4n) is 5.43. The summed E-state index contributed by atoms with van der Waals surface area (Å²) in [5, 5.41) is 0.493. The van der Waals surface area contributed by atoms with E-state index in [2.05, 4.69) is 11.8 Å². The minimum atomic E-state index is -0.584. The Morgan fingerprint density at radius 2 is 1.74 bits per heavy atom. The molecule has 1 amide bonds. The van der Waals surface area contributed by atoms with Crippen molar-refractivity contribution in [2.24, 2.45) is 0 Å². The summed E-state index contributed by atoms with van der Waals surface area (Å²) in [4.78, 5) is 31.8. The number of fused-ring (bicyclic) bond motifs is 2. The number of methoxy groups -OCH3 is 1. The highest BCUT2D eigenvalue weighted by molar-refractivity contribution is 5.99. The van der Waals surface area contributed by atoms with Crippen LogP contribution < -0.4 is 14.9 Å². The number of hydrogen-bond donors (Lipinski definition) is 0. The van der Waals surface area contributed by atoms with Crippen LogP contribution in [-0.2, 0) is 4.74 Å². The number of rotatable bonds is 10. The van der Waals surface area contributed by atoms with E-state index in [-0.39, 0.29) is 17.1 Å². The molecular weight excluding hydrogens is 496 g/mol. The van der Waals surface area contributed by atoms with E-state index in [1.165, 1.54) is 0 Å². The van der Waals surface area contributed by atoms with Crippen LogP contribution in [0.15, 0.2) is 39.5 Å². The number of carbonyl (C=O) groups is 1. The van der Waals surface area contributed by atoms with Gasteiger partial charge in [0.1, 0.15) is 5.58 Å². The van der Waals surface area contributed by atoms with Gasteiger partial charge in [-0.3, -0.25) is 14.5 Å². The molecule has 3 heterocycles. The molecule has 0 N–H and O–H groups in total. The van der Waals surface area contributed by atoms with E-state index in [0.717, 1.165) is 49.0 Å². The lowest BCUT2D eigenvalue weighted by atomic mass is 9.97. The van der Waals surface area contributed by atoms with Crippen LogP contribution in [0.2, 0.25) is 0 Å². The van der Waals surface area contributed by atoms with Crippen molar-refractivity contribution in [2.75, 3.05) is 53.1 Å². The Morgan fingerprint density at radius 3 is 2.49 bits per heavy atom. The van der Waals surface area contributed by atoms with E-state index >= 15 is 0 Å². The average molecular weight is 535 g/mol. The smallest absolute Gasteiger partial charge is 0.290 e. The molecule has 2 aliphatic heterocycles. The lowest BCUT2D eigenvalue weighted by Crippen LogP contribution is -2.42. The maximum atomic E-state index is 14.0. The summed E-state index contributed by atoms with van der Waals surface area (Å²) < 4.78 is 23.3. The quantitative estimate of drug-likeness (QED) is 0.344. The van der Waals surface area contributed by atoms with Gasteiger partial charge in [0.05, 0.1) is 43.9 Å². The Morgan fingerprint density at radius 1 is 0.974 bits per heavy atom. The molecule has 0 radical (unpaired) electrons. The van der Waals surface area contributed by atoms with E-state index < -0.39 is 6.04 Å². The number of aryl methyl sites for hydroxylation is 2. The third-order valence-electron chi connectivity index (χ3n) is 7.85. The van der Waals surface area contributed by atoms with Gasteiger partial charge < -0.3 is 23.5 Å². The molecule has 8 nitrogen and oxygen atoms in total. The van der Waals surface area contributed by atoms with Crippen molar-refractivity contribution in [3.8, 4) is 11.5 Å². The van der Waals surface area contributed by atoms with E-state index in [9.17, 15) is 9.59 Å². The third kappa shape index (κ3) is 5.40. The zero-order chi connectivity index (χ0) is 27.5. The molecule has 1 fully saturated rings. The van der Waals surface area contributed by atoms with Crippen LogP contribution in [0.5, 0.6) is 11.5 Å². The summed E-state index contributed by atoms with van der Waals surface area (Å²) in [6.07, 6.45) is 3.18. The molecule has 1 unspecified atom stereocenters. The van der Waals surface area contributed by atoms with E-state index in [4.69, 9.17) is 18.6 Å². The standard InChI is InChI=1S/C31H38N2O6/c1-5-6-7-14-38-24-9-8-22(19-26(24)36-4)28-27-29(34)23-17-20(2)21(3)18-25(23)39-30(27)31(35)33(28)11-10-32-12-15-37-16-13-32/h8-9,17-19,28H,5-7,10-16H2,1-4H3. The Balaban J connectivity index is 1.56. The third-order valence-corrected chi connectivity index (χ3v) is 7.85. The highest BCUT2D eigenvalue weighted by Gasteiger charge is 2.43.